The summed E-state index contributed by atoms with van der Waals surface area (Å²) in [6, 6.07) is 0.823. The van der Waals surface area contributed by atoms with Crippen LogP contribution in [0.3, 0.4) is 0 Å². The highest BCUT2D eigenvalue weighted by Gasteiger charge is 2.28. The Morgan fingerprint density at radius 3 is 2.58 bits per heavy atom. The van der Waals surface area contributed by atoms with Gasteiger partial charge in [0.15, 0.2) is 0 Å². The van der Waals surface area contributed by atoms with E-state index in [2.05, 4.69) is 29.5 Å². The molecule has 2 N–H and O–H groups in total. The molecule has 1 aliphatic heterocycles. The lowest BCUT2D eigenvalue weighted by atomic mass is 9.93. The maximum atomic E-state index is 12.2. The molecule has 0 aromatic rings. The van der Waals surface area contributed by atoms with Crippen LogP contribution in [0, 0.1) is 5.92 Å². The number of likely N-dealkylation sites (tertiary alicyclic amines) is 1. The van der Waals surface area contributed by atoms with E-state index in [1.165, 1.54) is 12.8 Å². The first-order chi connectivity index (χ1) is 9.06. The minimum Gasteiger partial charge on any atom is -0.352 e. The van der Waals surface area contributed by atoms with Crippen LogP contribution < -0.4 is 10.6 Å². The Morgan fingerprint density at radius 1 is 1.26 bits per heavy atom. The number of hydrogen-bond donors (Lipinski definition) is 2. The van der Waals surface area contributed by atoms with Crippen molar-refractivity contribution in [2.24, 2.45) is 5.92 Å². The van der Waals surface area contributed by atoms with Gasteiger partial charge in [-0.05, 0) is 45.7 Å². The zero-order valence-corrected chi connectivity index (χ0v) is 12.6. The number of carbonyl (C=O) groups is 1. The van der Waals surface area contributed by atoms with Crippen LogP contribution in [-0.4, -0.2) is 49.1 Å². The Morgan fingerprint density at radius 2 is 1.95 bits per heavy atom. The minimum absolute atomic E-state index is 0.0727. The van der Waals surface area contributed by atoms with Crippen LogP contribution in [0.15, 0.2) is 0 Å². The number of carbonyl (C=O) groups excluding carboxylic acids is 1. The molecule has 1 saturated heterocycles. The van der Waals surface area contributed by atoms with Gasteiger partial charge in [0.25, 0.3) is 0 Å². The predicted molar refractivity (Wildman–Crippen MR) is 78.1 cm³/mol. The van der Waals surface area contributed by atoms with Gasteiger partial charge in [-0.2, -0.15) is 0 Å². The van der Waals surface area contributed by atoms with Gasteiger partial charge in [0.1, 0.15) is 0 Å². The first-order valence-electron chi connectivity index (χ1n) is 7.81. The van der Waals surface area contributed by atoms with Crippen LogP contribution in [0.5, 0.6) is 0 Å². The van der Waals surface area contributed by atoms with Crippen molar-refractivity contribution < 1.29 is 4.79 Å². The molecule has 0 aromatic heterocycles. The van der Waals surface area contributed by atoms with E-state index in [1.807, 2.05) is 6.92 Å². The smallest absolute Gasteiger partial charge is 0.237 e. The Kier molecular flexibility index (Phi) is 5.22. The summed E-state index contributed by atoms with van der Waals surface area (Å²) in [4.78, 5) is 14.5. The lowest BCUT2D eigenvalue weighted by Crippen LogP contribution is -2.54. The highest BCUT2D eigenvalue weighted by Crippen LogP contribution is 2.18. The quantitative estimate of drug-likeness (QED) is 0.808. The number of piperidine rings is 1. The second kappa shape index (κ2) is 6.71. The average molecular weight is 267 g/mol. The van der Waals surface area contributed by atoms with Crippen LogP contribution in [0.1, 0.15) is 46.0 Å². The van der Waals surface area contributed by atoms with Gasteiger partial charge in [-0.15, -0.1) is 0 Å². The van der Waals surface area contributed by atoms with Gasteiger partial charge < -0.3 is 15.5 Å². The van der Waals surface area contributed by atoms with E-state index in [0.717, 1.165) is 32.4 Å². The number of nitrogens with zero attached hydrogens (tertiary/aromatic N) is 1. The maximum Gasteiger partial charge on any atom is 0.237 e. The summed E-state index contributed by atoms with van der Waals surface area (Å²) in [5.74, 6) is 0.790. The molecule has 19 heavy (non-hydrogen) atoms. The molecule has 0 spiro atoms. The van der Waals surface area contributed by atoms with E-state index < -0.39 is 0 Å². The summed E-state index contributed by atoms with van der Waals surface area (Å²) in [5, 5.41) is 6.70. The molecule has 1 aliphatic carbocycles. The summed E-state index contributed by atoms with van der Waals surface area (Å²) in [6.07, 6.45) is 5.97. The lowest BCUT2D eigenvalue weighted by Gasteiger charge is -2.36. The topological polar surface area (TPSA) is 44.4 Å². The summed E-state index contributed by atoms with van der Waals surface area (Å²) in [7, 11) is 2.17. The van der Waals surface area contributed by atoms with E-state index >= 15 is 0 Å². The molecular formula is C15H29N3O. The van der Waals surface area contributed by atoms with Gasteiger partial charge in [0.2, 0.25) is 5.91 Å². The van der Waals surface area contributed by atoms with E-state index in [1.54, 1.807) is 0 Å². The van der Waals surface area contributed by atoms with Gasteiger partial charge in [-0.3, -0.25) is 4.79 Å². The Labute approximate surface area is 117 Å². The summed E-state index contributed by atoms with van der Waals surface area (Å²) in [6.45, 7) is 6.51. The molecule has 0 bridgehead atoms. The van der Waals surface area contributed by atoms with E-state index in [4.69, 9.17) is 0 Å². The SMILES string of the molecule is CC(NC1CCN(C)CC1C)C(=O)NC1CCCC1. The molecule has 2 aliphatic rings. The predicted octanol–water partition coefficient (Wildman–Crippen LogP) is 1.36. The average Bonchev–Trinajstić information content (AvgIpc) is 2.85. The van der Waals surface area contributed by atoms with Crippen molar-refractivity contribution in [3.8, 4) is 0 Å². The Balaban J connectivity index is 1.76. The van der Waals surface area contributed by atoms with Crippen LogP contribution in [-0.2, 0) is 4.79 Å². The summed E-state index contributed by atoms with van der Waals surface area (Å²) >= 11 is 0. The van der Waals surface area contributed by atoms with Crippen LogP contribution >= 0.6 is 0 Å². The highest BCUT2D eigenvalue weighted by molar-refractivity contribution is 5.81. The molecule has 1 heterocycles. The molecule has 3 unspecified atom stereocenters. The standard InChI is InChI=1S/C15H29N3O/c1-11-10-18(3)9-8-14(11)16-12(2)15(19)17-13-6-4-5-7-13/h11-14,16H,4-10H2,1-3H3,(H,17,19). The second-order valence-electron chi connectivity index (χ2n) is 6.51. The molecule has 2 fully saturated rings. The second-order valence-corrected chi connectivity index (χ2v) is 6.51. The van der Waals surface area contributed by atoms with Crippen LogP contribution in [0.2, 0.25) is 0 Å². The van der Waals surface area contributed by atoms with Crippen molar-refractivity contribution in [2.45, 2.75) is 64.1 Å². The molecule has 0 radical (unpaired) electrons. The fourth-order valence-corrected chi connectivity index (χ4v) is 3.39. The molecule has 4 nitrogen and oxygen atoms in total. The van der Waals surface area contributed by atoms with Crippen molar-refractivity contribution in [3.63, 3.8) is 0 Å². The molecule has 2 rings (SSSR count). The number of rotatable bonds is 4. The minimum atomic E-state index is -0.0727. The normalized spacial score (nSPS) is 31.3. The molecule has 1 saturated carbocycles. The maximum absolute atomic E-state index is 12.2. The number of hydrogen-bond acceptors (Lipinski definition) is 3. The van der Waals surface area contributed by atoms with E-state index in [-0.39, 0.29) is 11.9 Å². The molecule has 110 valence electrons. The first kappa shape index (κ1) is 14.8. The summed E-state index contributed by atoms with van der Waals surface area (Å²) in [5.41, 5.74) is 0. The van der Waals surface area contributed by atoms with Crippen molar-refractivity contribution in [1.29, 1.82) is 0 Å². The monoisotopic (exact) mass is 267 g/mol. The number of nitrogens with one attached hydrogen (secondary N) is 2. The molecule has 0 aromatic carbocycles. The largest absolute Gasteiger partial charge is 0.352 e. The Hall–Kier alpha value is -0.610. The van der Waals surface area contributed by atoms with Crippen LogP contribution in [0.25, 0.3) is 0 Å². The summed E-state index contributed by atoms with van der Waals surface area (Å²) < 4.78 is 0. The van der Waals surface area contributed by atoms with Crippen LogP contribution in [0.4, 0.5) is 0 Å². The van der Waals surface area contributed by atoms with Crippen molar-refractivity contribution in [1.82, 2.24) is 15.5 Å². The molecule has 1 amide bonds. The molecule has 4 heteroatoms. The highest BCUT2D eigenvalue weighted by atomic mass is 16.2. The van der Waals surface area contributed by atoms with Gasteiger partial charge >= 0.3 is 0 Å². The zero-order chi connectivity index (χ0) is 13.8. The third kappa shape index (κ3) is 4.18. The van der Waals surface area contributed by atoms with Gasteiger partial charge in [0, 0.05) is 18.6 Å². The van der Waals surface area contributed by atoms with Crippen molar-refractivity contribution in [3.05, 3.63) is 0 Å². The molecular weight excluding hydrogens is 238 g/mol. The fraction of sp³-hybridized carbons (Fsp3) is 0.933. The van der Waals surface area contributed by atoms with E-state index in [0.29, 0.717) is 18.0 Å². The lowest BCUT2D eigenvalue weighted by molar-refractivity contribution is -0.123. The van der Waals surface area contributed by atoms with Crippen molar-refractivity contribution >= 4 is 5.91 Å². The van der Waals surface area contributed by atoms with Gasteiger partial charge in [0.05, 0.1) is 6.04 Å². The third-order valence-corrected chi connectivity index (χ3v) is 4.67. The fourth-order valence-electron chi connectivity index (χ4n) is 3.39. The number of amides is 1. The molecule has 3 atom stereocenters. The third-order valence-electron chi connectivity index (χ3n) is 4.67. The van der Waals surface area contributed by atoms with Gasteiger partial charge in [-0.25, -0.2) is 0 Å². The van der Waals surface area contributed by atoms with E-state index in [9.17, 15) is 4.79 Å². The Bertz CT molecular complexity index is 302. The van der Waals surface area contributed by atoms with Crippen molar-refractivity contribution in [2.75, 3.05) is 20.1 Å². The first-order valence-corrected chi connectivity index (χ1v) is 7.81. The zero-order valence-electron chi connectivity index (χ0n) is 12.6. The van der Waals surface area contributed by atoms with Gasteiger partial charge in [-0.1, -0.05) is 19.8 Å².